The minimum atomic E-state index is -1.86. The van der Waals surface area contributed by atoms with Crippen molar-refractivity contribution in [2.24, 2.45) is 5.92 Å². The number of rotatable bonds is 6. The molecule has 0 aliphatic heterocycles. The summed E-state index contributed by atoms with van der Waals surface area (Å²) < 4.78 is 43.3. The monoisotopic (exact) mass is 844 g/mol. The van der Waals surface area contributed by atoms with Gasteiger partial charge < -0.3 is 9.40 Å². The largest absolute Gasteiger partial charge is 0.500 e. The van der Waals surface area contributed by atoms with E-state index in [1.165, 1.54) is 29.8 Å². The van der Waals surface area contributed by atoms with Gasteiger partial charge in [-0.25, -0.2) is 4.39 Å². The zero-order valence-corrected chi connectivity index (χ0v) is 31.2. The fourth-order valence-electron chi connectivity index (χ4n) is 5.31. The van der Waals surface area contributed by atoms with Crippen molar-refractivity contribution in [1.29, 1.82) is 0 Å². The number of hydrogen-bond donors (Lipinski definition) is 0. The van der Waals surface area contributed by atoms with Crippen molar-refractivity contribution in [3.8, 4) is 22.5 Å². The number of hydrogen-bond acceptors (Lipinski definition) is 3. The maximum Gasteiger partial charge on any atom is 0.126 e. The molecule has 0 aliphatic carbocycles. The van der Waals surface area contributed by atoms with Crippen LogP contribution in [-0.2, 0) is 26.5 Å². The average Bonchev–Trinajstić information content (AvgIpc) is 3.36. The minimum absolute atomic E-state index is 0. The number of fused-ring (bicyclic) bond motifs is 3. The van der Waals surface area contributed by atoms with E-state index in [0.29, 0.717) is 22.6 Å². The van der Waals surface area contributed by atoms with Crippen LogP contribution in [0.1, 0.15) is 46.1 Å². The van der Waals surface area contributed by atoms with Crippen LogP contribution in [0, 0.1) is 29.7 Å². The van der Waals surface area contributed by atoms with Gasteiger partial charge in [-0.2, -0.15) is 0 Å². The maximum absolute atomic E-state index is 14.4. The summed E-state index contributed by atoms with van der Waals surface area (Å²) in [6, 6.07) is 25.3. The van der Waals surface area contributed by atoms with Gasteiger partial charge in [0.05, 0.1) is 5.58 Å². The van der Waals surface area contributed by atoms with E-state index in [4.69, 9.17) is 10.8 Å². The molecule has 1 radical (unpaired) electrons. The van der Waals surface area contributed by atoms with Crippen molar-refractivity contribution in [2.75, 3.05) is 0 Å². The smallest absolute Gasteiger partial charge is 0.126 e. The Morgan fingerprint density at radius 3 is 2.38 bits per heavy atom. The molecule has 0 spiro atoms. The van der Waals surface area contributed by atoms with Crippen molar-refractivity contribution in [1.82, 2.24) is 9.97 Å². The number of furan rings is 1. The molecule has 0 amide bonds. The van der Waals surface area contributed by atoms with Gasteiger partial charge in [-0.1, -0.05) is 31.0 Å². The molecule has 0 atom stereocenters. The Morgan fingerprint density at radius 1 is 0.933 bits per heavy atom. The van der Waals surface area contributed by atoms with Crippen LogP contribution in [0.4, 0.5) is 8.78 Å². The van der Waals surface area contributed by atoms with Crippen molar-refractivity contribution in [2.45, 2.75) is 57.3 Å². The molecule has 235 valence electrons. The van der Waals surface area contributed by atoms with Gasteiger partial charge in [-0.05, 0) is 35.2 Å². The topological polar surface area (TPSA) is 38.9 Å². The van der Waals surface area contributed by atoms with E-state index < -0.39 is 30.8 Å². The summed E-state index contributed by atoms with van der Waals surface area (Å²) in [5, 5.41) is 0.780. The molecular weight excluding hydrogens is 803 g/mol. The Morgan fingerprint density at radius 2 is 1.71 bits per heavy atom. The molecule has 6 rings (SSSR count). The Balaban J connectivity index is 0.000000210. The number of pyridine rings is 2. The molecule has 3 nitrogen and oxygen atoms in total. The van der Waals surface area contributed by atoms with Gasteiger partial charge in [0.15, 0.2) is 0 Å². The van der Waals surface area contributed by atoms with E-state index in [0.717, 1.165) is 23.2 Å². The first kappa shape index (κ1) is 33.2. The van der Waals surface area contributed by atoms with Crippen molar-refractivity contribution < 1.29 is 34.7 Å². The predicted molar refractivity (Wildman–Crippen MR) is 180 cm³/mol. The molecule has 3 aromatic carbocycles. The molecular formula is C38H38F2GeIrN2O-2. The second-order valence-corrected chi connectivity index (χ2v) is 23.3. The van der Waals surface area contributed by atoms with Gasteiger partial charge in [0.25, 0.3) is 0 Å². The SMILES string of the molecule is CC(C)Cc1cc(-c2[c-]cccc2)nc[c]1[Ge]([CH3])([CH3])[CH3].[2H]C(C)(C)c1ccnc(-c2[c-]cc(F)c3c2oc2cc(F)ccc23)c1.[Ir]. The molecule has 6 aromatic rings. The fourth-order valence-corrected chi connectivity index (χ4v) is 8.64. The molecule has 0 saturated heterocycles. The summed E-state index contributed by atoms with van der Waals surface area (Å²) in [6.45, 7) is 8.13. The number of benzene rings is 3. The number of halogens is 2. The van der Waals surface area contributed by atoms with Crippen molar-refractivity contribution in [3.05, 3.63) is 114 Å². The van der Waals surface area contributed by atoms with E-state index in [1.807, 2.05) is 18.2 Å². The third-order valence-electron chi connectivity index (χ3n) is 7.47. The molecule has 3 heterocycles. The summed E-state index contributed by atoms with van der Waals surface area (Å²) in [7, 11) is 0. The predicted octanol–water partition coefficient (Wildman–Crippen LogP) is 10.1. The van der Waals surface area contributed by atoms with E-state index in [2.05, 4.69) is 66.6 Å². The molecule has 3 aromatic heterocycles. The Hall–Kier alpha value is -3.19. The van der Waals surface area contributed by atoms with Crippen LogP contribution in [-0.4, -0.2) is 23.2 Å². The van der Waals surface area contributed by atoms with E-state index in [1.54, 1.807) is 36.6 Å². The molecule has 0 saturated carbocycles. The molecule has 45 heavy (non-hydrogen) atoms. The van der Waals surface area contributed by atoms with Gasteiger partial charge >= 0.3 is 126 Å². The second-order valence-electron chi connectivity index (χ2n) is 12.7. The number of aromatic nitrogens is 2. The Labute approximate surface area is 282 Å². The van der Waals surface area contributed by atoms with Crippen LogP contribution in [0.15, 0.2) is 83.5 Å². The third-order valence-corrected chi connectivity index (χ3v) is 11.8. The summed E-state index contributed by atoms with van der Waals surface area (Å²) in [6.07, 6.45) is 4.88. The summed E-state index contributed by atoms with van der Waals surface area (Å²) >= 11 is -1.86. The summed E-state index contributed by atoms with van der Waals surface area (Å²) in [5.41, 5.74) is 5.96. The first-order chi connectivity index (χ1) is 21.2. The van der Waals surface area contributed by atoms with Gasteiger partial charge in [0.2, 0.25) is 0 Å². The first-order valence-electron chi connectivity index (χ1n) is 15.4. The quantitative estimate of drug-likeness (QED) is 0.124. The zero-order valence-electron chi connectivity index (χ0n) is 27.7. The van der Waals surface area contributed by atoms with Crippen molar-refractivity contribution in [3.63, 3.8) is 0 Å². The minimum Gasteiger partial charge on any atom is -0.500 e. The summed E-state index contributed by atoms with van der Waals surface area (Å²) in [5.74, 6) is 6.26. The van der Waals surface area contributed by atoms with Crippen LogP contribution in [0.25, 0.3) is 44.5 Å². The third kappa shape index (κ3) is 7.97. The average molecular weight is 843 g/mol. The van der Waals surface area contributed by atoms with Gasteiger partial charge in [0, 0.05) is 44.9 Å². The fraction of sp³-hybridized carbons (Fsp3) is 0.263. The van der Waals surface area contributed by atoms with Crippen molar-refractivity contribution >= 4 is 39.6 Å². The number of nitrogens with zero attached hydrogens (tertiary/aromatic N) is 2. The molecule has 7 heteroatoms. The Kier molecular flexibility index (Phi) is 10.7. The van der Waals surface area contributed by atoms with Crippen LogP contribution in [0.2, 0.25) is 17.3 Å². The van der Waals surface area contributed by atoms with E-state index >= 15 is 0 Å². The molecule has 0 N–H and O–H groups in total. The molecule has 0 aliphatic rings. The van der Waals surface area contributed by atoms with Crippen LogP contribution >= 0.6 is 0 Å². The van der Waals surface area contributed by atoms with E-state index in [9.17, 15) is 8.78 Å². The second kappa shape index (κ2) is 14.5. The van der Waals surface area contributed by atoms with Crippen LogP contribution < -0.4 is 4.40 Å². The van der Waals surface area contributed by atoms with Crippen LogP contribution in [0.3, 0.4) is 0 Å². The molecule has 0 fully saturated rings. The Bertz CT molecular complexity index is 1960. The normalized spacial score (nSPS) is 12.1. The standard InChI is InChI=1S/C20H14F2NO.C18H24GeN.Ir/c1-11(2)12-7-8-23-17(9-12)14-5-6-16(22)19-15-4-3-13(21)10-18(15)24-20(14)19;1-14(2)11-16-12-18(15-9-7-6-8-10-15)20-13-17(16)19(3,4)5;/h3-4,6-11H,1-2H3;6-9,12-14H,11H2,1-5H3;/q2*-1;/i11D;;. The van der Waals surface area contributed by atoms with Gasteiger partial charge in [0.1, 0.15) is 11.4 Å². The van der Waals surface area contributed by atoms with Gasteiger partial charge in [-0.15, -0.1) is 12.1 Å². The summed E-state index contributed by atoms with van der Waals surface area (Å²) in [4.78, 5) is 9.02. The van der Waals surface area contributed by atoms with Crippen LogP contribution in [0.5, 0.6) is 0 Å². The molecule has 0 unspecified atom stereocenters. The van der Waals surface area contributed by atoms with E-state index in [-0.39, 0.29) is 36.7 Å². The molecule has 0 bridgehead atoms. The maximum atomic E-state index is 14.4. The van der Waals surface area contributed by atoms with Gasteiger partial charge in [-0.3, -0.25) is 4.39 Å². The first-order valence-corrected chi connectivity index (χ1v) is 22.2. The zero-order chi connectivity index (χ0) is 32.5.